The first-order valence-electron chi connectivity index (χ1n) is 7.01. The molecule has 1 heterocycles. The van der Waals surface area contributed by atoms with Crippen molar-refractivity contribution in [3.63, 3.8) is 0 Å². The van der Waals surface area contributed by atoms with Gasteiger partial charge in [-0.25, -0.2) is 0 Å². The molecular weight excluding hydrogens is 298 g/mol. The molecule has 0 aliphatic heterocycles. The molecule has 0 fully saturated rings. The highest BCUT2D eigenvalue weighted by Crippen LogP contribution is 2.29. The highest BCUT2D eigenvalue weighted by molar-refractivity contribution is 7.03. The van der Waals surface area contributed by atoms with Gasteiger partial charge in [0.15, 0.2) is 0 Å². The molecule has 0 aliphatic rings. The molecule has 1 N–H and O–H groups in total. The van der Waals surface area contributed by atoms with Crippen LogP contribution in [0.1, 0.15) is 34.5 Å². The Morgan fingerprint density at radius 3 is 2.77 bits per heavy atom. The van der Waals surface area contributed by atoms with E-state index in [-0.39, 0.29) is 11.9 Å². The maximum absolute atomic E-state index is 12.2. The minimum absolute atomic E-state index is 0.00332. The quantitative estimate of drug-likeness (QED) is 0.918. The Balaban J connectivity index is 2.23. The van der Waals surface area contributed by atoms with Gasteiger partial charge < -0.3 is 15.0 Å². The predicted molar refractivity (Wildman–Crippen MR) is 89.9 cm³/mol. The molecule has 0 spiro atoms. The van der Waals surface area contributed by atoms with Crippen LogP contribution in [0.25, 0.3) is 0 Å². The van der Waals surface area contributed by atoms with Gasteiger partial charge in [-0.3, -0.25) is 4.79 Å². The first kappa shape index (κ1) is 16.3. The molecule has 0 saturated carbocycles. The van der Waals surface area contributed by atoms with E-state index in [0.29, 0.717) is 11.4 Å². The van der Waals surface area contributed by atoms with Crippen LogP contribution in [-0.2, 0) is 0 Å². The van der Waals surface area contributed by atoms with Gasteiger partial charge >= 0.3 is 0 Å². The fourth-order valence-corrected chi connectivity index (χ4v) is 2.93. The molecule has 1 unspecified atom stereocenters. The maximum atomic E-state index is 12.2. The number of benzene rings is 1. The number of rotatable bonds is 5. The van der Waals surface area contributed by atoms with Gasteiger partial charge in [0, 0.05) is 36.3 Å². The molecule has 118 valence electrons. The van der Waals surface area contributed by atoms with Gasteiger partial charge in [0.05, 0.1) is 13.2 Å². The highest BCUT2D eigenvalue weighted by Gasteiger charge is 2.16. The normalized spacial score (nSPS) is 11.9. The van der Waals surface area contributed by atoms with E-state index in [1.165, 1.54) is 11.5 Å². The summed E-state index contributed by atoms with van der Waals surface area (Å²) in [4.78, 5) is 13.8. The molecule has 2 rings (SSSR count). The molecule has 5 nitrogen and oxygen atoms in total. The first-order chi connectivity index (χ1) is 10.4. The number of methoxy groups -OCH3 is 1. The highest BCUT2D eigenvalue weighted by atomic mass is 32.1. The van der Waals surface area contributed by atoms with Crippen molar-refractivity contribution in [2.24, 2.45) is 0 Å². The lowest BCUT2D eigenvalue weighted by molar-refractivity contribution is 0.0827. The Morgan fingerprint density at radius 2 is 2.14 bits per heavy atom. The van der Waals surface area contributed by atoms with E-state index >= 15 is 0 Å². The van der Waals surface area contributed by atoms with Crippen LogP contribution >= 0.6 is 11.5 Å². The third kappa shape index (κ3) is 3.39. The molecule has 1 aromatic heterocycles. The summed E-state index contributed by atoms with van der Waals surface area (Å²) in [6, 6.07) is 5.86. The van der Waals surface area contributed by atoms with Crippen molar-refractivity contribution < 1.29 is 9.53 Å². The Kier molecular flexibility index (Phi) is 5.03. The van der Waals surface area contributed by atoms with Gasteiger partial charge in [0.2, 0.25) is 5.88 Å². The van der Waals surface area contributed by atoms with E-state index in [4.69, 9.17) is 4.74 Å². The fraction of sp³-hybridized carbons (Fsp3) is 0.375. The van der Waals surface area contributed by atoms with E-state index in [2.05, 4.69) is 9.69 Å². The van der Waals surface area contributed by atoms with Gasteiger partial charge in [0.1, 0.15) is 0 Å². The number of carbonyl (C=O) groups excluding carboxylic acids is 1. The average Bonchev–Trinajstić information content (AvgIpc) is 2.97. The largest absolute Gasteiger partial charge is 0.480 e. The lowest BCUT2D eigenvalue weighted by atomic mass is 10.1. The zero-order valence-electron chi connectivity index (χ0n) is 13.5. The van der Waals surface area contributed by atoms with E-state index in [0.717, 1.165) is 16.8 Å². The molecule has 0 bridgehead atoms. The van der Waals surface area contributed by atoms with Crippen molar-refractivity contribution in [3.8, 4) is 5.88 Å². The Hall–Kier alpha value is -2.08. The lowest BCUT2D eigenvalue weighted by Crippen LogP contribution is -2.22. The number of aromatic nitrogens is 1. The van der Waals surface area contributed by atoms with Gasteiger partial charge in [-0.2, -0.15) is 4.37 Å². The van der Waals surface area contributed by atoms with Gasteiger partial charge in [-0.1, -0.05) is 6.07 Å². The monoisotopic (exact) mass is 319 g/mol. The summed E-state index contributed by atoms with van der Waals surface area (Å²) in [5.74, 6) is 0.644. The maximum Gasteiger partial charge on any atom is 0.253 e. The van der Waals surface area contributed by atoms with E-state index in [9.17, 15) is 4.79 Å². The summed E-state index contributed by atoms with van der Waals surface area (Å²) in [5.41, 5.74) is 3.58. The fourth-order valence-electron chi connectivity index (χ4n) is 2.19. The summed E-state index contributed by atoms with van der Waals surface area (Å²) in [6.07, 6.45) is 0. The van der Waals surface area contributed by atoms with Crippen LogP contribution < -0.4 is 10.1 Å². The minimum Gasteiger partial charge on any atom is -0.480 e. The second-order valence-corrected chi connectivity index (χ2v) is 6.00. The van der Waals surface area contributed by atoms with Crippen molar-refractivity contribution in [2.75, 3.05) is 26.5 Å². The summed E-state index contributed by atoms with van der Waals surface area (Å²) in [7, 11) is 5.13. The molecule has 6 heteroatoms. The van der Waals surface area contributed by atoms with Crippen molar-refractivity contribution in [1.82, 2.24) is 9.27 Å². The number of hydrogen-bond acceptors (Lipinski definition) is 5. The second-order valence-electron chi connectivity index (χ2n) is 5.37. The minimum atomic E-state index is 0.00332. The predicted octanol–water partition coefficient (Wildman–Crippen LogP) is 3.34. The van der Waals surface area contributed by atoms with Crippen LogP contribution in [0.3, 0.4) is 0 Å². The van der Waals surface area contributed by atoms with Gasteiger partial charge in [0.25, 0.3) is 5.91 Å². The SMILES string of the molecule is COc1nscc1C(C)Nc1ccc(C)c(C(=O)N(C)C)c1. The molecule has 2 aromatic rings. The number of nitrogens with zero attached hydrogens (tertiary/aromatic N) is 2. The van der Waals surface area contributed by atoms with Crippen molar-refractivity contribution in [1.29, 1.82) is 0 Å². The van der Waals surface area contributed by atoms with Crippen LogP contribution in [0.2, 0.25) is 0 Å². The van der Waals surface area contributed by atoms with Crippen LogP contribution in [0.4, 0.5) is 5.69 Å². The van der Waals surface area contributed by atoms with Gasteiger partial charge in [-0.15, -0.1) is 0 Å². The molecule has 1 aromatic carbocycles. The number of aryl methyl sites for hydroxylation is 1. The topological polar surface area (TPSA) is 54.5 Å². The van der Waals surface area contributed by atoms with Crippen LogP contribution in [0.5, 0.6) is 5.88 Å². The molecular formula is C16H21N3O2S. The van der Waals surface area contributed by atoms with Crippen LogP contribution in [0.15, 0.2) is 23.6 Å². The molecule has 22 heavy (non-hydrogen) atoms. The average molecular weight is 319 g/mol. The summed E-state index contributed by atoms with van der Waals surface area (Å²) in [5, 5.41) is 5.37. The van der Waals surface area contributed by atoms with Crippen LogP contribution in [0, 0.1) is 6.92 Å². The van der Waals surface area contributed by atoms with E-state index in [1.54, 1.807) is 26.1 Å². The number of amides is 1. The zero-order chi connectivity index (χ0) is 16.3. The molecule has 0 aliphatic carbocycles. The summed E-state index contributed by atoms with van der Waals surface area (Å²) in [6.45, 7) is 3.98. The van der Waals surface area contributed by atoms with Crippen molar-refractivity contribution in [3.05, 3.63) is 40.3 Å². The lowest BCUT2D eigenvalue weighted by Gasteiger charge is -2.18. The van der Waals surface area contributed by atoms with E-state index in [1.807, 2.05) is 37.4 Å². The molecule has 1 atom stereocenters. The number of nitrogens with one attached hydrogen (secondary N) is 1. The first-order valence-corrected chi connectivity index (χ1v) is 7.84. The number of ether oxygens (including phenoxy) is 1. The standard InChI is InChI=1S/C16H21N3O2S/c1-10-6-7-12(8-13(10)16(20)19(3)4)17-11(2)14-9-22-18-15(14)21-5/h6-9,11,17H,1-5H3. The van der Waals surface area contributed by atoms with Gasteiger partial charge in [-0.05, 0) is 43.1 Å². The Morgan fingerprint density at radius 1 is 1.41 bits per heavy atom. The zero-order valence-corrected chi connectivity index (χ0v) is 14.3. The summed E-state index contributed by atoms with van der Waals surface area (Å²) >= 11 is 1.37. The Labute approximate surface area is 135 Å². The molecule has 1 amide bonds. The number of carbonyl (C=O) groups is 1. The summed E-state index contributed by atoms with van der Waals surface area (Å²) < 4.78 is 9.45. The third-order valence-corrected chi connectivity index (χ3v) is 4.11. The number of anilines is 1. The molecule has 0 radical (unpaired) electrons. The Bertz CT molecular complexity index is 667. The molecule has 0 saturated heterocycles. The van der Waals surface area contributed by atoms with Crippen molar-refractivity contribution >= 4 is 23.1 Å². The number of hydrogen-bond donors (Lipinski definition) is 1. The smallest absolute Gasteiger partial charge is 0.253 e. The van der Waals surface area contributed by atoms with Crippen molar-refractivity contribution in [2.45, 2.75) is 19.9 Å². The van der Waals surface area contributed by atoms with Crippen LogP contribution in [-0.4, -0.2) is 36.4 Å². The van der Waals surface area contributed by atoms with E-state index < -0.39 is 0 Å². The third-order valence-electron chi connectivity index (χ3n) is 3.48. The second kappa shape index (κ2) is 6.79.